The van der Waals surface area contributed by atoms with Gasteiger partial charge in [-0.1, -0.05) is 36.8 Å². The molecule has 0 heterocycles. The van der Waals surface area contributed by atoms with Gasteiger partial charge in [0.15, 0.2) is 6.61 Å². The van der Waals surface area contributed by atoms with Crippen molar-refractivity contribution in [3.8, 4) is 5.75 Å². The predicted octanol–water partition coefficient (Wildman–Crippen LogP) is 3.84. The molecular formula is C23H29FN2O3. The summed E-state index contributed by atoms with van der Waals surface area (Å²) in [4.78, 5) is 27.0. The van der Waals surface area contributed by atoms with Crippen LogP contribution in [0.25, 0.3) is 0 Å². The molecular weight excluding hydrogens is 371 g/mol. The largest absolute Gasteiger partial charge is 0.484 e. The molecule has 2 amide bonds. The van der Waals surface area contributed by atoms with Crippen molar-refractivity contribution in [3.05, 3.63) is 65.5 Å². The van der Waals surface area contributed by atoms with Gasteiger partial charge in [-0.3, -0.25) is 9.59 Å². The van der Waals surface area contributed by atoms with Gasteiger partial charge in [0, 0.05) is 12.6 Å². The number of hydrogen-bond acceptors (Lipinski definition) is 3. The van der Waals surface area contributed by atoms with E-state index in [-0.39, 0.29) is 36.8 Å². The van der Waals surface area contributed by atoms with Crippen molar-refractivity contribution in [2.75, 3.05) is 6.61 Å². The minimum atomic E-state index is -0.692. The van der Waals surface area contributed by atoms with Gasteiger partial charge < -0.3 is 15.0 Å². The van der Waals surface area contributed by atoms with Gasteiger partial charge >= 0.3 is 0 Å². The third-order valence-electron chi connectivity index (χ3n) is 4.82. The molecule has 2 aromatic rings. The van der Waals surface area contributed by atoms with Crippen molar-refractivity contribution in [1.29, 1.82) is 0 Å². The van der Waals surface area contributed by atoms with Crippen molar-refractivity contribution in [1.82, 2.24) is 10.2 Å². The lowest BCUT2D eigenvalue weighted by Gasteiger charge is -2.29. The topological polar surface area (TPSA) is 58.6 Å². The molecule has 0 aromatic heterocycles. The Labute approximate surface area is 171 Å². The Balaban J connectivity index is 2.13. The number of halogens is 1. The quantitative estimate of drug-likeness (QED) is 0.696. The van der Waals surface area contributed by atoms with E-state index in [1.165, 1.54) is 17.0 Å². The van der Waals surface area contributed by atoms with E-state index >= 15 is 0 Å². The summed E-state index contributed by atoms with van der Waals surface area (Å²) in [5.41, 5.74) is 1.83. The van der Waals surface area contributed by atoms with Gasteiger partial charge in [-0.2, -0.15) is 0 Å². The van der Waals surface area contributed by atoms with E-state index in [1.807, 2.05) is 32.9 Å². The van der Waals surface area contributed by atoms with E-state index in [4.69, 9.17) is 4.74 Å². The van der Waals surface area contributed by atoms with Crippen molar-refractivity contribution < 1.29 is 18.7 Å². The minimum absolute atomic E-state index is 0.0107. The van der Waals surface area contributed by atoms with Crippen LogP contribution in [0, 0.1) is 12.7 Å². The summed E-state index contributed by atoms with van der Waals surface area (Å²) < 4.78 is 18.8. The van der Waals surface area contributed by atoms with Crippen molar-refractivity contribution in [3.63, 3.8) is 0 Å². The highest BCUT2D eigenvalue weighted by molar-refractivity contribution is 5.88. The number of hydrogen-bond donors (Lipinski definition) is 1. The average molecular weight is 400 g/mol. The molecule has 0 aliphatic carbocycles. The maximum atomic E-state index is 13.2. The highest BCUT2D eigenvalue weighted by atomic mass is 19.1. The molecule has 6 heteroatoms. The Bertz CT molecular complexity index is 806. The summed E-state index contributed by atoms with van der Waals surface area (Å²) in [6.07, 6.45) is 0.793. The first-order chi connectivity index (χ1) is 13.8. The Kier molecular flexibility index (Phi) is 8.19. The molecule has 0 unspecified atom stereocenters. The molecule has 0 bridgehead atoms. The zero-order chi connectivity index (χ0) is 21.4. The summed E-state index contributed by atoms with van der Waals surface area (Å²) in [6, 6.07) is 12.6. The molecule has 156 valence electrons. The van der Waals surface area contributed by atoms with Crippen LogP contribution in [-0.4, -0.2) is 35.4 Å². The van der Waals surface area contributed by atoms with Crippen LogP contribution in [0.1, 0.15) is 38.3 Å². The van der Waals surface area contributed by atoms with E-state index in [0.29, 0.717) is 5.75 Å². The maximum Gasteiger partial charge on any atom is 0.261 e. The Morgan fingerprint density at radius 3 is 2.28 bits per heavy atom. The second kappa shape index (κ2) is 10.6. The molecule has 29 heavy (non-hydrogen) atoms. The van der Waals surface area contributed by atoms with Gasteiger partial charge in [-0.05, 0) is 57.0 Å². The molecule has 2 rings (SSSR count). The highest BCUT2D eigenvalue weighted by Gasteiger charge is 2.27. The third-order valence-corrected chi connectivity index (χ3v) is 4.82. The number of benzene rings is 2. The number of nitrogens with one attached hydrogen (secondary N) is 1. The lowest BCUT2D eigenvalue weighted by atomic mass is 10.1. The van der Waals surface area contributed by atoms with Gasteiger partial charge in [0.2, 0.25) is 5.91 Å². The second-order valence-electron chi connectivity index (χ2n) is 7.24. The monoisotopic (exact) mass is 400 g/mol. The van der Waals surface area contributed by atoms with Crippen LogP contribution in [0.15, 0.2) is 48.5 Å². The van der Waals surface area contributed by atoms with Crippen molar-refractivity contribution in [2.45, 2.75) is 52.7 Å². The smallest absolute Gasteiger partial charge is 0.261 e. The minimum Gasteiger partial charge on any atom is -0.484 e. The first kappa shape index (κ1) is 22.4. The molecule has 0 aliphatic heterocycles. The Morgan fingerprint density at radius 1 is 1.07 bits per heavy atom. The zero-order valence-corrected chi connectivity index (χ0v) is 17.4. The van der Waals surface area contributed by atoms with Crippen molar-refractivity contribution in [2.24, 2.45) is 0 Å². The molecule has 0 aliphatic rings. The fourth-order valence-corrected chi connectivity index (χ4v) is 2.70. The summed E-state index contributed by atoms with van der Waals surface area (Å²) >= 11 is 0. The number of amides is 2. The average Bonchev–Trinajstić information content (AvgIpc) is 2.72. The maximum absolute atomic E-state index is 13.2. The Morgan fingerprint density at radius 2 is 1.69 bits per heavy atom. The zero-order valence-electron chi connectivity index (χ0n) is 17.4. The number of carbonyl (C=O) groups is 2. The van der Waals surface area contributed by atoms with E-state index in [1.54, 1.807) is 31.2 Å². The third kappa shape index (κ3) is 6.89. The summed E-state index contributed by atoms with van der Waals surface area (Å²) in [5, 5.41) is 2.91. The van der Waals surface area contributed by atoms with Gasteiger partial charge in [-0.25, -0.2) is 4.39 Å². The molecule has 5 nitrogen and oxygen atoms in total. The number of nitrogens with zero attached hydrogens (tertiary/aromatic N) is 1. The van der Waals surface area contributed by atoms with Gasteiger partial charge in [0.25, 0.3) is 5.91 Å². The normalized spacial score (nSPS) is 12.7. The van der Waals surface area contributed by atoms with E-state index < -0.39 is 6.04 Å². The lowest BCUT2D eigenvalue weighted by molar-refractivity contribution is -0.142. The second-order valence-corrected chi connectivity index (χ2v) is 7.24. The number of rotatable bonds is 9. The Hall–Kier alpha value is -2.89. The molecule has 0 saturated heterocycles. The van der Waals surface area contributed by atoms with Crippen LogP contribution in [0.5, 0.6) is 5.75 Å². The molecule has 2 atom stereocenters. The predicted molar refractivity (Wildman–Crippen MR) is 111 cm³/mol. The fourth-order valence-electron chi connectivity index (χ4n) is 2.70. The SMILES string of the molecule is CC[C@H](C)NC(=O)[C@@H](C)N(Cc1ccc(F)cc1)C(=O)COc1ccc(C)cc1. The first-order valence-electron chi connectivity index (χ1n) is 9.84. The van der Waals surface area contributed by atoms with Gasteiger partial charge in [-0.15, -0.1) is 0 Å². The van der Waals surface area contributed by atoms with Crippen LogP contribution < -0.4 is 10.1 Å². The van der Waals surface area contributed by atoms with Crippen molar-refractivity contribution >= 4 is 11.8 Å². The highest BCUT2D eigenvalue weighted by Crippen LogP contribution is 2.14. The molecule has 0 radical (unpaired) electrons. The lowest BCUT2D eigenvalue weighted by Crippen LogP contribution is -2.50. The van der Waals surface area contributed by atoms with Crippen LogP contribution >= 0.6 is 0 Å². The molecule has 2 aromatic carbocycles. The van der Waals surface area contributed by atoms with Crippen LogP contribution in [0.4, 0.5) is 4.39 Å². The summed E-state index contributed by atoms with van der Waals surface area (Å²) in [5.74, 6) is -0.314. The van der Waals surface area contributed by atoms with Crippen LogP contribution in [-0.2, 0) is 16.1 Å². The van der Waals surface area contributed by atoms with E-state index in [2.05, 4.69) is 5.32 Å². The molecule has 1 N–H and O–H groups in total. The number of aryl methyl sites for hydroxylation is 1. The standard InChI is InChI=1S/C23H29FN2O3/c1-5-17(3)25-23(28)18(4)26(14-19-8-10-20(24)11-9-19)22(27)15-29-21-12-6-16(2)7-13-21/h6-13,17-18H,5,14-15H2,1-4H3,(H,25,28)/t17-,18+/m0/s1. The molecule has 0 saturated carbocycles. The summed E-state index contributed by atoms with van der Waals surface area (Å²) in [6.45, 7) is 7.54. The van der Waals surface area contributed by atoms with E-state index in [0.717, 1.165) is 17.5 Å². The van der Waals surface area contributed by atoms with Crippen LogP contribution in [0.3, 0.4) is 0 Å². The van der Waals surface area contributed by atoms with Crippen LogP contribution in [0.2, 0.25) is 0 Å². The summed E-state index contributed by atoms with van der Waals surface area (Å²) in [7, 11) is 0. The van der Waals surface area contributed by atoms with E-state index in [9.17, 15) is 14.0 Å². The molecule has 0 fully saturated rings. The fraction of sp³-hybridized carbons (Fsp3) is 0.391. The first-order valence-corrected chi connectivity index (χ1v) is 9.84. The van der Waals surface area contributed by atoms with Gasteiger partial charge in [0.05, 0.1) is 0 Å². The number of carbonyl (C=O) groups excluding carboxylic acids is 2. The number of ether oxygens (including phenoxy) is 1. The molecule has 0 spiro atoms. The van der Waals surface area contributed by atoms with Gasteiger partial charge in [0.1, 0.15) is 17.6 Å².